The standard InChI is InChI=1S/C28H25N3O3/c1-17-13-18(2)28-21(14-17)23(30-31-27-12-10-19-7-5-6-8-22(19)29-27)16-25(34-28)20-9-11-24(32-3)26(15-20)33-4/h5-16H,1-4H3,(H,29,31). The molecule has 0 unspecified atom stereocenters. The average Bonchev–Trinajstić information content (AvgIpc) is 2.86. The molecule has 34 heavy (non-hydrogen) atoms. The van der Waals surface area contributed by atoms with Gasteiger partial charge in [-0.05, 0) is 67.4 Å². The van der Waals surface area contributed by atoms with Crippen molar-refractivity contribution in [1.82, 2.24) is 4.98 Å². The fraction of sp³-hybridized carbons (Fsp3) is 0.143. The van der Waals surface area contributed by atoms with Crippen LogP contribution in [0, 0.1) is 13.8 Å². The summed E-state index contributed by atoms with van der Waals surface area (Å²) in [6.45, 7) is 4.11. The van der Waals surface area contributed by atoms with E-state index in [1.165, 1.54) is 0 Å². The number of nitrogens with one attached hydrogen (secondary N) is 1. The van der Waals surface area contributed by atoms with Crippen LogP contribution in [0.5, 0.6) is 11.5 Å². The first-order chi connectivity index (χ1) is 16.6. The number of hydrogen-bond donors (Lipinski definition) is 1. The third-order valence-electron chi connectivity index (χ3n) is 5.73. The highest BCUT2D eigenvalue weighted by atomic mass is 16.5. The lowest BCUT2D eigenvalue weighted by atomic mass is 10.1. The minimum atomic E-state index is 0.632. The van der Waals surface area contributed by atoms with Gasteiger partial charge in [0.15, 0.2) is 11.5 Å². The molecule has 0 aliphatic rings. The van der Waals surface area contributed by atoms with Gasteiger partial charge in [0, 0.05) is 22.4 Å². The molecule has 0 saturated carbocycles. The largest absolute Gasteiger partial charge is 0.493 e. The van der Waals surface area contributed by atoms with Crippen LogP contribution in [0.1, 0.15) is 11.1 Å². The van der Waals surface area contributed by atoms with Crippen molar-refractivity contribution in [3.05, 3.63) is 89.3 Å². The van der Waals surface area contributed by atoms with Crippen molar-refractivity contribution in [1.29, 1.82) is 0 Å². The summed E-state index contributed by atoms with van der Waals surface area (Å²) in [5.74, 6) is 2.64. The van der Waals surface area contributed by atoms with Crippen LogP contribution in [0.15, 0.2) is 82.3 Å². The molecule has 2 heterocycles. The van der Waals surface area contributed by atoms with Gasteiger partial charge < -0.3 is 13.9 Å². The van der Waals surface area contributed by atoms with Gasteiger partial charge in [-0.25, -0.2) is 4.98 Å². The molecule has 0 spiro atoms. The first-order valence-electron chi connectivity index (χ1n) is 11.0. The van der Waals surface area contributed by atoms with E-state index < -0.39 is 0 Å². The third kappa shape index (κ3) is 4.06. The third-order valence-corrected chi connectivity index (χ3v) is 5.73. The number of methoxy groups -OCH3 is 2. The van der Waals surface area contributed by atoms with Crippen molar-refractivity contribution in [2.24, 2.45) is 5.10 Å². The topological polar surface area (TPSA) is 68.9 Å². The molecule has 0 aliphatic carbocycles. The molecule has 2 aromatic heterocycles. The summed E-state index contributed by atoms with van der Waals surface area (Å²) in [5.41, 5.74) is 7.86. The molecule has 5 aromatic rings. The second kappa shape index (κ2) is 8.90. The van der Waals surface area contributed by atoms with Crippen molar-refractivity contribution in [2.75, 3.05) is 19.6 Å². The molecule has 5 rings (SSSR count). The highest BCUT2D eigenvalue weighted by Gasteiger charge is 2.12. The van der Waals surface area contributed by atoms with Crippen molar-refractivity contribution in [3.63, 3.8) is 0 Å². The molecular formula is C28H25N3O3. The monoisotopic (exact) mass is 451 g/mol. The van der Waals surface area contributed by atoms with Crippen molar-refractivity contribution >= 4 is 27.7 Å². The average molecular weight is 452 g/mol. The predicted octanol–water partition coefficient (Wildman–Crippen LogP) is 6.21. The van der Waals surface area contributed by atoms with E-state index in [1.54, 1.807) is 14.2 Å². The Hall–Kier alpha value is -4.32. The van der Waals surface area contributed by atoms with Gasteiger partial charge in [-0.15, -0.1) is 0 Å². The fourth-order valence-electron chi connectivity index (χ4n) is 4.09. The Bertz CT molecular complexity index is 1590. The summed E-state index contributed by atoms with van der Waals surface area (Å²) in [7, 11) is 3.24. The number of rotatable bonds is 5. The number of ether oxygens (including phenoxy) is 2. The number of aryl methyl sites for hydroxylation is 2. The first-order valence-corrected chi connectivity index (χ1v) is 11.0. The molecule has 0 aliphatic heterocycles. The van der Waals surface area contributed by atoms with Crippen LogP contribution in [0.4, 0.5) is 5.82 Å². The maximum Gasteiger partial charge on any atom is 0.161 e. The fourth-order valence-corrected chi connectivity index (χ4v) is 4.09. The van der Waals surface area contributed by atoms with Crippen molar-refractivity contribution in [2.45, 2.75) is 13.8 Å². The Labute approximate surface area is 197 Å². The molecule has 0 radical (unpaired) electrons. The van der Waals surface area contributed by atoms with E-state index in [0.717, 1.165) is 43.9 Å². The minimum Gasteiger partial charge on any atom is -0.493 e. The van der Waals surface area contributed by atoms with Gasteiger partial charge in [0.05, 0.1) is 25.1 Å². The van der Waals surface area contributed by atoms with E-state index in [0.29, 0.717) is 23.1 Å². The van der Waals surface area contributed by atoms with Gasteiger partial charge >= 0.3 is 0 Å². The van der Waals surface area contributed by atoms with Crippen molar-refractivity contribution < 1.29 is 13.9 Å². The van der Waals surface area contributed by atoms with E-state index in [4.69, 9.17) is 19.0 Å². The Kier molecular flexibility index (Phi) is 5.64. The molecule has 3 aromatic carbocycles. The molecule has 0 fully saturated rings. The number of benzene rings is 3. The van der Waals surface area contributed by atoms with Gasteiger partial charge in [-0.2, -0.15) is 5.10 Å². The van der Waals surface area contributed by atoms with Crippen LogP contribution in [-0.4, -0.2) is 19.2 Å². The van der Waals surface area contributed by atoms with E-state index >= 15 is 0 Å². The molecule has 170 valence electrons. The highest BCUT2D eigenvalue weighted by molar-refractivity contribution is 5.83. The number of fused-ring (bicyclic) bond motifs is 2. The Morgan fingerprint density at radius 2 is 1.68 bits per heavy atom. The van der Waals surface area contributed by atoms with Gasteiger partial charge in [-0.1, -0.05) is 24.3 Å². The lowest BCUT2D eigenvalue weighted by Crippen LogP contribution is -2.09. The zero-order valence-corrected chi connectivity index (χ0v) is 19.5. The summed E-state index contributed by atoms with van der Waals surface area (Å²) >= 11 is 0. The second-order valence-electron chi connectivity index (χ2n) is 8.14. The zero-order chi connectivity index (χ0) is 23.7. The van der Waals surface area contributed by atoms with E-state index in [1.807, 2.05) is 67.6 Å². The van der Waals surface area contributed by atoms with Crippen LogP contribution < -0.4 is 20.3 Å². The summed E-state index contributed by atoms with van der Waals surface area (Å²) < 4.78 is 17.2. The summed E-state index contributed by atoms with van der Waals surface area (Å²) in [5, 5.41) is 7.49. The van der Waals surface area contributed by atoms with Gasteiger partial charge in [0.25, 0.3) is 0 Å². The highest BCUT2D eigenvalue weighted by Crippen LogP contribution is 2.33. The van der Waals surface area contributed by atoms with Crippen LogP contribution in [0.25, 0.3) is 33.2 Å². The molecule has 0 amide bonds. The van der Waals surface area contributed by atoms with Crippen LogP contribution >= 0.6 is 0 Å². The summed E-state index contributed by atoms with van der Waals surface area (Å²) in [6.07, 6.45) is 0. The molecule has 0 bridgehead atoms. The lowest BCUT2D eigenvalue weighted by Gasteiger charge is -2.11. The lowest BCUT2D eigenvalue weighted by molar-refractivity contribution is 0.355. The normalized spacial score (nSPS) is 11.7. The first kappa shape index (κ1) is 21.5. The summed E-state index contributed by atoms with van der Waals surface area (Å²) in [4.78, 5) is 4.67. The van der Waals surface area contributed by atoms with Crippen LogP contribution in [0.3, 0.4) is 0 Å². The molecule has 6 heteroatoms. The van der Waals surface area contributed by atoms with Crippen LogP contribution in [-0.2, 0) is 0 Å². The van der Waals surface area contributed by atoms with Crippen LogP contribution in [0.2, 0.25) is 0 Å². The number of aromatic nitrogens is 1. The SMILES string of the molecule is COc1ccc(-c2cc(=NNc3ccc4ccccc4n3)c3cc(C)cc(C)c3o2)cc1OC. The summed E-state index contributed by atoms with van der Waals surface area (Å²) in [6, 6.07) is 23.8. The Morgan fingerprint density at radius 3 is 2.50 bits per heavy atom. The maximum atomic E-state index is 6.36. The minimum absolute atomic E-state index is 0.632. The van der Waals surface area contributed by atoms with E-state index in [-0.39, 0.29) is 0 Å². The number of nitrogens with zero attached hydrogens (tertiary/aromatic N) is 2. The predicted molar refractivity (Wildman–Crippen MR) is 135 cm³/mol. The number of pyridine rings is 1. The Morgan fingerprint density at radius 1 is 0.853 bits per heavy atom. The molecule has 6 nitrogen and oxygen atoms in total. The van der Waals surface area contributed by atoms with Gasteiger partial charge in [-0.3, -0.25) is 5.43 Å². The number of hydrogen-bond acceptors (Lipinski definition) is 6. The van der Waals surface area contributed by atoms with Gasteiger partial charge in [0.1, 0.15) is 17.2 Å². The Balaban J connectivity index is 1.66. The maximum absolute atomic E-state index is 6.36. The number of para-hydroxylation sites is 1. The molecule has 0 atom stereocenters. The van der Waals surface area contributed by atoms with E-state index in [9.17, 15) is 0 Å². The zero-order valence-electron chi connectivity index (χ0n) is 19.5. The van der Waals surface area contributed by atoms with Crippen molar-refractivity contribution in [3.8, 4) is 22.8 Å². The quantitative estimate of drug-likeness (QED) is 0.322. The van der Waals surface area contributed by atoms with Gasteiger partial charge in [0.2, 0.25) is 0 Å². The molecule has 1 N–H and O–H groups in total. The van der Waals surface area contributed by atoms with E-state index in [2.05, 4.69) is 29.5 Å². The smallest absolute Gasteiger partial charge is 0.161 e. The molecule has 0 saturated heterocycles. The second-order valence-corrected chi connectivity index (χ2v) is 8.14. The number of anilines is 1. The molecular weight excluding hydrogens is 426 g/mol.